The molecule has 3 N–H and O–H groups in total. The lowest BCUT2D eigenvalue weighted by molar-refractivity contribution is -0.120. The van der Waals surface area contributed by atoms with Gasteiger partial charge in [0.2, 0.25) is 5.91 Å². The standard InChI is InChI=1S/C14H17FN2O3/c1-8-6-9(4-5-16-8)13(18)17-12-7-10(14(19)20)2-3-11(12)15/h2-3,7-9,16H,4-6H2,1H3,(H,17,18)(H,19,20). The lowest BCUT2D eigenvalue weighted by Gasteiger charge is -2.27. The van der Waals surface area contributed by atoms with Crippen molar-refractivity contribution in [1.82, 2.24) is 5.32 Å². The molecule has 108 valence electrons. The second-order valence-corrected chi connectivity index (χ2v) is 5.07. The third-order valence-electron chi connectivity index (χ3n) is 3.47. The molecule has 2 rings (SSSR count). The van der Waals surface area contributed by atoms with E-state index in [9.17, 15) is 14.0 Å². The molecule has 2 atom stereocenters. The zero-order valence-electron chi connectivity index (χ0n) is 11.1. The quantitative estimate of drug-likeness (QED) is 0.789. The molecule has 1 saturated heterocycles. The third-order valence-corrected chi connectivity index (χ3v) is 3.47. The molecule has 0 aromatic heterocycles. The Kier molecular flexibility index (Phi) is 4.34. The van der Waals surface area contributed by atoms with Crippen molar-refractivity contribution in [1.29, 1.82) is 0 Å². The number of benzene rings is 1. The Balaban J connectivity index is 2.10. The van der Waals surface area contributed by atoms with Gasteiger partial charge >= 0.3 is 5.97 Å². The van der Waals surface area contributed by atoms with E-state index in [4.69, 9.17) is 5.11 Å². The first-order valence-corrected chi connectivity index (χ1v) is 6.54. The molecule has 1 amide bonds. The summed E-state index contributed by atoms with van der Waals surface area (Å²) in [5, 5.41) is 14.6. The number of hydrogen-bond acceptors (Lipinski definition) is 3. The highest BCUT2D eigenvalue weighted by atomic mass is 19.1. The average molecular weight is 280 g/mol. The first kappa shape index (κ1) is 14.5. The molecule has 1 aliphatic heterocycles. The molecule has 1 aromatic carbocycles. The van der Waals surface area contributed by atoms with Gasteiger partial charge in [0.15, 0.2) is 0 Å². The molecular formula is C14H17FN2O3. The predicted octanol–water partition coefficient (Wildman–Crippen LogP) is 1.85. The Labute approximate surface area is 116 Å². The van der Waals surface area contributed by atoms with Crippen LogP contribution in [0.15, 0.2) is 18.2 Å². The van der Waals surface area contributed by atoms with Gasteiger partial charge in [0.1, 0.15) is 5.82 Å². The molecule has 0 bridgehead atoms. The summed E-state index contributed by atoms with van der Waals surface area (Å²) >= 11 is 0. The van der Waals surface area contributed by atoms with E-state index in [1.165, 1.54) is 6.07 Å². The lowest BCUT2D eigenvalue weighted by Crippen LogP contribution is -2.40. The predicted molar refractivity (Wildman–Crippen MR) is 72.2 cm³/mol. The number of carboxylic acids is 1. The SMILES string of the molecule is CC1CC(C(=O)Nc2cc(C(=O)O)ccc2F)CCN1. The molecule has 0 radical (unpaired) electrons. The molecule has 6 heteroatoms. The van der Waals surface area contributed by atoms with E-state index in [0.29, 0.717) is 12.8 Å². The lowest BCUT2D eigenvalue weighted by atomic mass is 9.92. The van der Waals surface area contributed by atoms with Crippen molar-refractivity contribution in [2.45, 2.75) is 25.8 Å². The van der Waals surface area contributed by atoms with Crippen LogP contribution in [0.1, 0.15) is 30.1 Å². The van der Waals surface area contributed by atoms with E-state index in [1.54, 1.807) is 0 Å². The van der Waals surface area contributed by atoms with Gasteiger partial charge in [0.25, 0.3) is 0 Å². The van der Waals surface area contributed by atoms with Gasteiger partial charge in [-0.3, -0.25) is 4.79 Å². The summed E-state index contributed by atoms with van der Waals surface area (Å²) in [7, 11) is 0. The summed E-state index contributed by atoms with van der Waals surface area (Å²) in [6.07, 6.45) is 1.38. The minimum Gasteiger partial charge on any atom is -0.478 e. The minimum absolute atomic E-state index is 0.0552. The Morgan fingerprint density at radius 1 is 1.45 bits per heavy atom. The van der Waals surface area contributed by atoms with Crippen molar-refractivity contribution in [3.05, 3.63) is 29.6 Å². The van der Waals surface area contributed by atoms with Crippen LogP contribution in [0, 0.1) is 11.7 Å². The van der Waals surface area contributed by atoms with Crippen molar-refractivity contribution >= 4 is 17.6 Å². The number of halogens is 1. The van der Waals surface area contributed by atoms with Crippen LogP contribution in [0.5, 0.6) is 0 Å². The molecule has 1 aromatic rings. The van der Waals surface area contributed by atoms with Crippen LogP contribution >= 0.6 is 0 Å². The van der Waals surface area contributed by atoms with Crippen molar-refractivity contribution in [2.75, 3.05) is 11.9 Å². The van der Waals surface area contributed by atoms with Gasteiger partial charge in [-0.25, -0.2) is 9.18 Å². The molecule has 1 fully saturated rings. The fraction of sp³-hybridized carbons (Fsp3) is 0.429. The number of piperidine rings is 1. The second kappa shape index (κ2) is 6.00. The maximum atomic E-state index is 13.6. The zero-order chi connectivity index (χ0) is 14.7. The van der Waals surface area contributed by atoms with E-state index in [1.807, 2.05) is 6.92 Å². The van der Waals surface area contributed by atoms with Gasteiger partial charge in [-0.1, -0.05) is 0 Å². The summed E-state index contributed by atoms with van der Waals surface area (Å²) < 4.78 is 13.6. The molecule has 2 unspecified atom stereocenters. The number of hydrogen-bond donors (Lipinski definition) is 3. The van der Waals surface area contributed by atoms with Gasteiger partial charge < -0.3 is 15.7 Å². The molecule has 0 saturated carbocycles. The number of carbonyl (C=O) groups excluding carboxylic acids is 1. The van der Waals surface area contributed by atoms with Gasteiger partial charge in [0, 0.05) is 12.0 Å². The Bertz CT molecular complexity index is 533. The van der Waals surface area contributed by atoms with Gasteiger partial charge in [0.05, 0.1) is 11.3 Å². The number of anilines is 1. The number of amides is 1. The highest BCUT2D eigenvalue weighted by Gasteiger charge is 2.25. The monoisotopic (exact) mass is 280 g/mol. The van der Waals surface area contributed by atoms with Crippen LogP contribution < -0.4 is 10.6 Å². The van der Waals surface area contributed by atoms with Crippen LogP contribution in [-0.4, -0.2) is 29.6 Å². The van der Waals surface area contributed by atoms with Gasteiger partial charge in [-0.05, 0) is 44.5 Å². The maximum Gasteiger partial charge on any atom is 0.335 e. The van der Waals surface area contributed by atoms with Crippen LogP contribution in [-0.2, 0) is 4.79 Å². The zero-order valence-corrected chi connectivity index (χ0v) is 11.1. The van der Waals surface area contributed by atoms with E-state index in [0.717, 1.165) is 18.7 Å². The fourth-order valence-electron chi connectivity index (χ4n) is 2.36. The number of aromatic carboxylic acids is 1. The minimum atomic E-state index is -1.16. The highest BCUT2D eigenvalue weighted by molar-refractivity contribution is 5.95. The summed E-state index contributed by atoms with van der Waals surface area (Å²) in [5.74, 6) is -2.24. The van der Waals surface area contributed by atoms with E-state index >= 15 is 0 Å². The number of rotatable bonds is 3. The Morgan fingerprint density at radius 3 is 2.85 bits per heavy atom. The summed E-state index contributed by atoms with van der Waals surface area (Å²) in [6, 6.07) is 3.60. The normalized spacial score (nSPS) is 22.3. The van der Waals surface area contributed by atoms with Crippen LogP contribution in [0.2, 0.25) is 0 Å². The van der Waals surface area contributed by atoms with Crippen LogP contribution in [0.25, 0.3) is 0 Å². The average Bonchev–Trinajstić information content (AvgIpc) is 2.41. The Morgan fingerprint density at radius 2 is 2.20 bits per heavy atom. The molecule has 20 heavy (non-hydrogen) atoms. The first-order valence-electron chi connectivity index (χ1n) is 6.54. The molecule has 1 aliphatic rings. The number of nitrogens with one attached hydrogen (secondary N) is 2. The molecule has 0 aliphatic carbocycles. The topological polar surface area (TPSA) is 78.4 Å². The summed E-state index contributed by atoms with van der Waals surface area (Å²) in [4.78, 5) is 22.9. The van der Waals surface area contributed by atoms with E-state index in [-0.39, 0.29) is 29.1 Å². The van der Waals surface area contributed by atoms with Crippen molar-refractivity contribution in [2.24, 2.45) is 5.92 Å². The highest BCUT2D eigenvalue weighted by Crippen LogP contribution is 2.21. The van der Waals surface area contributed by atoms with E-state index in [2.05, 4.69) is 10.6 Å². The number of carboxylic acid groups (broad SMARTS) is 1. The Hall–Kier alpha value is -1.95. The van der Waals surface area contributed by atoms with Crippen LogP contribution in [0.3, 0.4) is 0 Å². The molecular weight excluding hydrogens is 263 g/mol. The largest absolute Gasteiger partial charge is 0.478 e. The summed E-state index contributed by atoms with van der Waals surface area (Å²) in [5.41, 5.74) is -0.138. The third kappa shape index (κ3) is 3.33. The molecule has 5 nitrogen and oxygen atoms in total. The molecule has 1 heterocycles. The van der Waals surface area contributed by atoms with Crippen molar-refractivity contribution < 1.29 is 19.1 Å². The smallest absolute Gasteiger partial charge is 0.335 e. The van der Waals surface area contributed by atoms with Gasteiger partial charge in [-0.2, -0.15) is 0 Å². The van der Waals surface area contributed by atoms with Crippen molar-refractivity contribution in [3.63, 3.8) is 0 Å². The maximum absolute atomic E-state index is 13.6. The molecule has 0 spiro atoms. The van der Waals surface area contributed by atoms with Gasteiger partial charge in [-0.15, -0.1) is 0 Å². The summed E-state index contributed by atoms with van der Waals surface area (Å²) in [6.45, 7) is 2.74. The number of carbonyl (C=O) groups is 2. The van der Waals surface area contributed by atoms with Crippen molar-refractivity contribution in [3.8, 4) is 0 Å². The first-order chi connectivity index (χ1) is 9.47. The van der Waals surface area contributed by atoms with Crippen LogP contribution in [0.4, 0.5) is 10.1 Å². The van der Waals surface area contributed by atoms with E-state index < -0.39 is 11.8 Å². The second-order valence-electron chi connectivity index (χ2n) is 5.07. The fourth-order valence-corrected chi connectivity index (χ4v) is 2.36.